The van der Waals surface area contributed by atoms with Crippen molar-refractivity contribution in [1.82, 2.24) is 0 Å². The summed E-state index contributed by atoms with van der Waals surface area (Å²) in [6.07, 6.45) is 0. The molecule has 8 heavy (non-hydrogen) atoms. The van der Waals surface area contributed by atoms with Gasteiger partial charge in [0.2, 0.25) is 0 Å². The van der Waals surface area contributed by atoms with Crippen LogP contribution in [0.1, 0.15) is 7.43 Å². The molecule has 0 unspecified atom stereocenters. The Morgan fingerprint density at radius 3 is 1.50 bits per heavy atom. The maximum absolute atomic E-state index is 10.4. The molecule has 0 aliphatic carbocycles. The Kier molecular flexibility index (Phi) is 12.6. The first-order valence-corrected chi connectivity index (χ1v) is 4.63. The SMILES string of the molecule is C.CO[Si](C)(C)[O-].[Na+]. The second-order valence-electron chi connectivity index (χ2n) is 1.60. The Bertz CT molecular complexity index is 43.8. The Balaban J connectivity index is -0.000000125. The maximum atomic E-state index is 10.4. The Hall–Kier alpha value is 1.14. The largest absolute Gasteiger partial charge is 1.00 e. The molecule has 0 aromatic rings. The van der Waals surface area contributed by atoms with E-state index in [1.165, 1.54) is 7.11 Å². The van der Waals surface area contributed by atoms with Gasteiger partial charge in [0.05, 0.1) is 8.56 Å². The summed E-state index contributed by atoms with van der Waals surface area (Å²) in [6.45, 7) is 3.21. The summed E-state index contributed by atoms with van der Waals surface area (Å²) in [5, 5.41) is 0. The van der Waals surface area contributed by atoms with E-state index in [0.29, 0.717) is 0 Å². The quantitative estimate of drug-likeness (QED) is 0.376. The fourth-order valence-corrected chi connectivity index (χ4v) is 0. The maximum Gasteiger partial charge on any atom is 1.00 e. The molecule has 46 valence electrons. The Labute approximate surface area is 74.8 Å². The van der Waals surface area contributed by atoms with Crippen LogP contribution < -0.4 is 34.4 Å². The zero-order valence-corrected chi connectivity index (χ0v) is 8.32. The minimum atomic E-state index is -2.38. The van der Waals surface area contributed by atoms with Gasteiger partial charge in [-0.1, -0.05) is 20.5 Å². The van der Waals surface area contributed by atoms with E-state index in [1.54, 1.807) is 13.1 Å². The summed E-state index contributed by atoms with van der Waals surface area (Å²) in [7, 11) is -0.924. The van der Waals surface area contributed by atoms with E-state index >= 15 is 0 Å². The van der Waals surface area contributed by atoms with Gasteiger partial charge in [0.15, 0.2) is 0 Å². The van der Waals surface area contributed by atoms with Crippen LogP contribution in [-0.4, -0.2) is 15.7 Å². The summed E-state index contributed by atoms with van der Waals surface area (Å²) in [5.41, 5.74) is 0. The molecular weight excluding hydrogens is 131 g/mol. The summed E-state index contributed by atoms with van der Waals surface area (Å²) >= 11 is 0. The van der Waals surface area contributed by atoms with Crippen LogP contribution in [0, 0.1) is 0 Å². The second-order valence-corrected chi connectivity index (χ2v) is 4.81. The molecule has 0 spiro atoms. The standard InChI is InChI=1S/C3H9O2Si.CH4.Na/c1-5-6(2,3)4;;/h1-3H3;1H4;/q-1;;+1. The van der Waals surface area contributed by atoms with E-state index in [9.17, 15) is 4.80 Å². The zero-order valence-electron chi connectivity index (χ0n) is 5.32. The van der Waals surface area contributed by atoms with Crippen LogP contribution in [0.25, 0.3) is 0 Å². The van der Waals surface area contributed by atoms with Crippen LogP contribution in [-0.2, 0) is 4.43 Å². The predicted octanol–water partition coefficient (Wildman–Crippen LogP) is -2.66. The molecule has 0 aromatic carbocycles. The van der Waals surface area contributed by atoms with Crippen molar-refractivity contribution in [3.05, 3.63) is 0 Å². The van der Waals surface area contributed by atoms with E-state index in [1.807, 2.05) is 0 Å². The molecule has 0 rings (SSSR count). The van der Waals surface area contributed by atoms with Crippen LogP contribution >= 0.6 is 0 Å². The molecular formula is C4H13NaO2Si. The van der Waals surface area contributed by atoms with E-state index < -0.39 is 8.56 Å². The van der Waals surface area contributed by atoms with E-state index in [2.05, 4.69) is 4.43 Å². The van der Waals surface area contributed by atoms with Crippen molar-refractivity contribution in [2.24, 2.45) is 0 Å². The average molecular weight is 144 g/mol. The van der Waals surface area contributed by atoms with Crippen LogP contribution in [0.2, 0.25) is 13.1 Å². The fraction of sp³-hybridized carbons (Fsp3) is 1.00. The third-order valence-corrected chi connectivity index (χ3v) is 1.47. The van der Waals surface area contributed by atoms with Crippen molar-refractivity contribution in [1.29, 1.82) is 0 Å². The molecule has 4 heteroatoms. The third-order valence-electron chi connectivity index (χ3n) is 0.492. The number of hydrogen-bond acceptors (Lipinski definition) is 2. The molecule has 0 amide bonds. The molecule has 2 nitrogen and oxygen atoms in total. The first-order chi connectivity index (χ1) is 2.56. The van der Waals surface area contributed by atoms with E-state index in [-0.39, 0.29) is 37.0 Å². The smallest absolute Gasteiger partial charge is 0.838 e. The third kappa shape index (κ3) is 15.7. The zero-order chi connectivity index (χ0) is 5.21. The minimum absolute atomic E-state index is 0. The van der Waals surface area contributed by atoms with Crippen LogP contribution in [0.3, 0.4) is 0 Å². The molecule has 0 bridgehead atoms. The molecule has 0 aliphatic heterocycles. The van der Waals surface area contributed by atoms with Gasteiger partial charge in [-0.05, 0) is 0 Å². The molecule has 0 N–H and O–H groups in total. The molecule has 0 fully saturated rings. The summed E-state index contributed by atoms with van der Waals surface area (Å²) in [5.74, 6) is 0. The van der Waals surface area contributed by atoms with Crippen molar-refractivity contribution in [3.8, 4) is 0 Å². The average Bonchev–Trinajstić information content (AvgIpc) is 1.35. The molecule has 0 saturated carbocycles. The summed E-state index contributed by atoms with van der Waals surface area (Å²) in [6, 6.07) is 0. The van der Waals surface area contributed by atoms with Crippen molar-refractivity contribution in [2.75, 3.05) is 7.11 Å². The fourth-order valence-electron chi connectivity index (χ4n) is 0. The molecule has 0 saturated heterocycles. The van der Waals surface area contributed by atoms with Crippen LogP contribution in [0.5, 0.6) is 0 Å². The normalized spacial score (nSPS) is 9.00. The van der Waals surface area contributed by atoms with Gasteiger partial charge >= 0.3 is 29.6 Å². The molecule has 0 aromatic heterocycles. The van der Waals surface area contributed by atoms with Crippen molar-refractivity contribution in [3.63, 3.8) is 0 Å². The molecule has 0 radical (unpaired) electrons. The minimum Gasteiger partial charge on any atom is -0.838 e. The van der Waals surface area contributed by atoms with Crippen LogP contribution in [0.4, 0.5) is 0 Å². The molecule has 0 aliphatic rings. The van der Waals surface area contributed by atoms with Crippen molar-refractivity contribution >= 4 is 8.56 Å². The Morgan fingerprint density at radius 2 is 1.50 bits per heavy atom. The van der Waals surface area contributed by atoms with E-state index in [0.717, 1.165) is 0 Å². The first-order valence-electron chi connectivity index (χ1n) is 1.82. The number of rotatable bonds is 1. The second kappa shape index (κ2) is 6.26. The first kappa shape index (κ1) is 16.1. The van der Waals surface area contributed by atoms with Gasteiger partial charge in [0, 0.05) is 7.11 Å². The molecule has 0 atom stereocenters. The number of hydrogen-bond donors (Lipinski definition) is 0. The monoisotopic (exact) mass is 144 g/mol. The summed E-state index contributed by atoms with van der Waals surface area (Å²) < 4.78 is 4.52. The van der Waals surface area contributed by atoms with Gasteiger partial charge in [-0.25, -0.2) is 0 Å². The topological polar surface area (TPSA) is 32.3 Å². The summed E-state index contributed by atoms with van der Waals surface area (Å²) in [4.78, 5) is 10.4. The Morgan fingerprint density at radius 1 is 1.38 bits per heavy atom. The van der Waals surface area contributed by atoms with Gasteiger partial charge in [-0.2, -0.15) is 0 Å². The van der Waals surface area contributed by atoms with Gasteiger partial charge < -0.3 is 9.22 Å². The van der Waals surface area contributed by atoms with Crippen LogP contribution in [0.15, 0.2) is 0 Å². The van der Waals surface area contributed by atoms with E-state index in [4.69, 9.17) is 0 Å². The van der Waals surface area contributed by atoms with Gasteiger partial charge in [-0.15, -0.1) is 0 Å². The van der Waals surface area contributed by atoms with Crippen molar-refractivity contribution < 1.29 is 38.8 Å². The van der Waals surface area contributed by atoms with Gasteiger partial charge in [0.1, 0.15) is 0 Å². The van der Waals surface area contributed by atoms with Gasteiger partial charge in [0.25, 0.3) is 0 Å². The van der Waals surface area contributed by atoms with Gasteiger partial charge in [-0.3, -0.25) is 0 Å². The van der Waals surface area contributed by atoms with Crippen molar-refractivity contribution in [2.45, 2.75) is 20.5 Å². The predicted molar refractivity (Wildman–Crippen MR) is 31.2 cm³/mol. The molecule has 0 heterocycles.